The number of hydrogen-bond donors (Lipinski definition) is 1. The first-order chi connectivity index (χ1) is 5.29. The van der Waals surface area contributed by atoms with Gasteiger partial charge in [-0.2, -0.15) is 0 Å². The van der Waals surface area contributed by atoms with E-state index in [1.807, 2.05) is 6.07 Å². The van der Waals surface area contributed by atoms with Crippen LogP contribution >= 0.6 is 0 Å². The molecule has 2 heteroatoms. The smallest absolute Gasteiger partial charge is 0.131 e. The number of allylic oxidation sites excluding steroid dienone is 2. The van der Waals surface area contributed by atoms with Gasteiger partial charge < -0.3 is 5.73 Å². The van der Waals surface area contributed by atoms with Crippen molar-refractivity contribution in [1.82, 2.24) is 4.98 Å². The number of fused-ring (bicyclic) bond motifs is 1. The number of nitrogens with two attached hydrogens (primary N) is 1. The largest absolute Gasteiger partial charge is 0.383 e. The van der Waals surface area contributed by atoms with Crippen molar-refractivity contribution >= 4 is 11.4 Å². The summed E-state index contributed by atoms with van der Waals surface area (Å²) in [6.45, 7) is 2.07. The van der Waals surface area contributed by atoms with Crippen molar-refractivity contribution in [2.75, 3.05) is 5.73 Å². The van der Waals surface area contributed by atoms with E-state index in [1.54, 1.807) is 6.20 Å². The van der Waals surface area contributed by atoms with E-state index in [2.05, 4.69) is 18.0 Å². The maximum absolute atomic E-state index is 5.71. The Labute approximate surface area is 65.8 Å². The number of rotatable bonds is 0. The van der Waals surface area contributed by atoms with E-state index in [-0.39, 0.29) is 0 Å². The van der Waals surface area contributed by atoms with Crippen molar-refractivity contribution in [3.05, 3.63) is 29.5 Å². The Hall–Kier alpha value is -1.31. The van der Waals surface area contributed by atoms with Gasteiger partial charge in [0, 0.05) is 11.8 Å². The van der Waals surface area contributed by atoms with Crippen molar-refractivity contribution in [3.8, 4) is 0 Å². The van der Waals surface area contributed by atoms with Crippen LogP contribution in [0.25, 0.3) is 5.57 Å². The molecule has 0 bridgehead atoms. The maximum Gasteiger partial charge on any atom is 0.131 e. The number of anilines is 1. The van der Waals surface area contributed by atoms with Gasteiger partial charge in [-0.1, -0.05) is 6.08 Å². The Morgan fingerprint density at radius 3 is 3.09 bits per heavy atom. The molecule has 0 aliphatic heterocycles. The van der Waals surface area contributed by atoms with Gasteiger partial charge in [-0.05, 0) is 30.5 Å². The molecule has 0 unspecified atom stereocenters. The molecule has 0 saturated heterocycles. The summed E-state index contributed by atoms with van der Waals surface area (Å²) in [6.07, 6.45) is 4.96. The van der Waals surface area contributed by atoms with Gasteiger partial charge in [-0.3, -0.25) is 0 Å². The van der Waals surface area contributed by atoms with Gasteiger partial charge in [0.25, 0.3) is 0 Å². The lowest BCUT2D eigenvalue weighted by molar-refractivity contribution is 1.24. The average molecular weight is 146 g/mol. The predicted octanol–water partition coefficient (Wildman–Crippen LogP) is 1.62. The molecule has 56 valence electrons. The van der Waals surface area contributed by atoms with Crippen LogP contribution in [0.5, 0.6) is 0 Å². The second kappa shape index (κ2) is 2.09. The molecule has 1 aromatic heterocycles. The van der Waals surface area contributed by atoms with Crippen molar-refractivity contribution in [1.29, 1.82) is 0 Å². The van der Waals surface area contributed by atoms with Crippen LogP contribution < -0.4 is 5.73 Å². The second-order valence-electron chi connectivity index (χ2n) is 2.82. The molecule has 0 amide bonds. The number of pyridine rings is 1. The summed E-state index contributed by atoms with van der Waals surface area (Å²) < 4.78 is 0. The van der Waals surface area contributed by atoms with Crippen LogP contribution in [0.4, 0.5) is 5.82 Å². The van der Waals surface area contributed by atoms with Gasteiger partial charge in [0.1, 0.15) is 5.82 Å². The van der Waals surface area contributed by atoms with Gasteiger partial charge in [0.05, 0.1) is 0 Å². The summed E-state index contributed by atoms with van der Waals surface area (Å²) in [5.74, 6) is 0.661. The third-order valence-electron chi connectivity index (χ3n) is 2.09. The molecule has 2 N–H and O–H groups in total. The van der Waals surface area contributed by atoms with E-state index in [1.165, 1.54) is 11.1 Å². The molecule has 1 aliphatic carbocycles. The van der Waals surface area contributed by atoms with E-state index in [0.717, 1.165) is 12.0 Å². The number of nitrogen functional groups attached to an aromatic ring is 1. The number of hydrogen-bond acceptors (Lipinski definition) is 2. The number of nitrogens with zero attached hydrogens (tertiary/aromatic N) is 1. The van der Waals surface area contributed by atoms with Crippen LogP contribution in [0.3, 0.4) is 0 Å². The van der Waals surface area contributed by atoms with E-state index < -0.39 is 0 Å². The van der Waals surface area contributed by atoms with Gasteiger partial charge in [-0.25, -0.2) is 4.98 Å². The molecule has 11 heavy (non-hydrogen) atoms. The van der Waals surface area contributed by atoms with Crippen molar-refractivity contribution in [2.45, 2.75) is 13.3 Å². The summed E-state index contributed by atoms with van der Waals surface area (Å²) in [4.78, 5) is 4.04. The minimum Gasteiger partial charge on any atom is -0.383 e. The molecule has 0 atom stereocenters. The standard InChI is InChI=1S/C9H10N2/c1-6-2-3-7-4-5-11-9(10)8(6)7/h2,4-5H,3H2,1H3,(H2,10,11). The van der Waals surface area contributed by atoms with Crippen LogP contribution in [-0.4, -0.2) is 4.98 Å². The first-order valence-corrected chi connectivity index (χ1v) is 3.69. The lowest BCUT2D eigenvalue weighted by Crippen LogP contribution is -1.96. The van der Waals surface area contributed by atoms with Crippen LogP contribution in [0.2, 0.25) is 0 Å². The summed E-state index contributed by atoms with van der Waals surface area (Å²) in [5.41, 5.74) is 9.41. The Bertz CT molecular complexity index is 326. The van der Waals surface area contributed by atoms with Crippen molar-refractivity contribution < 1.29 is 0 Å². The minimum atomic E-state index is 0.661. The van der Waals surface area contributed by atoms with Crippen LogP contribution in [0, 0.1) is 0 Å². The quantitative estimate of drug-likeness (QED) is 0.604. The summed E-state index contributed by atoms with van der Waals surface area (Å²) >= 11 is 0. The maximum atomic E-state index is 5.71. The normalized spacial score (nSPS) is 14.5. The molecule has 0 radical (unpaired) electrons. The van der Waals surface area contributed by atoms with E-state index in [9.17, 15) is 0 Å². The fourth-order valence-electron chi connectivity index (χ4n) is 1.51. The Morgan fingerprint density at radius 1 is 1.55 bits per heavy atom. The highest BCUT2D eigenvalue weighted by Gasteiger charge is 2.12. The third-order valence-corrected chi connectivity index (χ3v) is 2.09. The molecule has 2 nitrogen and oxygen atoms in total. The molecule has 0 spiro atoms. The summed E-state index contributed by atoms with van der Waals surface area (Å²) in [5, 5.41) is 0. The average Bonchev–Trinajstić information content (AvgIpc) is 2.34. The molecule has 0 aromatic carbocycles. The van der Waals surface area contributed by atoms with E-state index in [4.69, 9.17) is 5.73 Å². The highest BCUT2D eigenvalue weighted by molar-refractivity contribution is 5.78. The van der Waals surface area contributed by atoms with Gasteiger partial charge >= 0.3 is 0 Å². The zero-order valence-electron chi connectivity index (χ0n) is 6.46. The SMILES string of the molecule is CC1=CCc2ccnc(N)c21. The second-order valence-corrected chi connectivity index (χ2v) is 2.82. The zero-order valence-corrected chi connectivity index (χ0v) is 6.46. The lowest BCUT2D eigenvalue weighted by atomic mass is 10.1. The summed E-state index contributed by atoms with van der Waals surface area (Å²) in [6, 6.07) is 2.03. The van der Waals surface area contributed by atoms with E-state index in [0.29, 0.717) is 5.82 Å². The molecule has 1 aromatic rings. The zero-order chi connectivity index (χ0) is 7.84. The van der Waals surface area contributed by atoms with Crippen molar-refractivity contribution in [2.24, 2.45) is 0 Å². The fourth-order valence-corrected chi connectivity index (χ4v) is 1.51. The molecule has 2 rings (SSSR count). The minimum absolute atomic E-state index is 0.661. The molecular weight excluding hydrogens is 136 g/mol. The monoisotopic (exact) mass is 146 g/mol. The summed E-state index contributed by atoms with van der Waals surface area (Å²) in [7, 11) is 0. The number of aromatic nitrogens is 1. The van der Waals surface area contributed by atoms with Crippen molar-refractivity contribution in [3.63, 3.8) is 0 Å². The Morgan fingerprint density at radius 2 is 2.36 bits per heavy atom. The van der Waals surface area contributed by atoms with Crippen LogP contribution in [-0.2, 0) is 6.42 Å². The first-order valence-electron chi connectivity index (χ1n) is 3.69. The highest BCUT2D eigenvalue weighted by atomic mass is 14.8. The fraction of sp³-hybridized carbons (Fsp3) is 0.222. The van der Waals surface area contributed by atoms with E-state index >= 15 is 0 Å². The molecule has 1 heterocycles. The Kier molecular flexibility index (Phi) is 1.22. The molecule has 1 aliphatic rings. The Balaban J connectivity index is 2.67. The van der Waals surface area contributed by atoms with Crippen LogP contribution in [0.15, 0.2) is 18.3 Å². The highest BCUT2D eigenvalue weighted by Crippen LogP contribution is 2.29. The lowest BCUT2D eigenvalue weighted by Gasteiger charge is -2.02. The van der Waals surface area contributed by atoms with Crippen LogP contribution in [0.1, 0.15) is 18.1 Å². The molecular formula is C9H10N2. The van der Waals surface area contributed by atoms with Gasteiger partial charge in [0.2, 0.25) is 0 Å². The van der Waals surface area contributed by atoms with Gasteiger partial charge in [0.15, 0.2) is 0 Å². The molecule has 0 saturated carbocycles. The first kappa shape index (κ1) is 6.40. The molecule has 0 fully saturated rings. The third kappa shape index (κ3) is 0.827. The topological polar surface area (TPSA) is 38.9 Å². The predicted molar refractivity (Wildman–Crippen MR) is 46.0 cm³/mol. The van der Waals surface area contributed by atoms with Gasteiger partial charge in [-0.15, -0.1) is 0 Å².